The van der Waals surface area contributed by atoms with E-state index < -0.39 is 0 Å². The van der Waals surface area contributed by atoms with Crippen molar-refractivity contribution < 1.29 is 5.11 Å². The molecule has 0 spiro atoms. The summed E-state index contributed by atoms with van der Waals surface area (Å²) in [6.45, 7) is 2.44. The second kappa shape index (κ2) is 4.32. The predicted molar refractivity (Wildman–Crippen MR) is 59.8 cm³/mol. The van der Waals surface area contributed by atoms with Crippen molar-refractivity contribution in [1.29, 1.82) is 0 Å². The molecular weight excluding hydrogens is 204 g/mol. The minimum Gasteiger partial charge on any atom is -0.508 e. The highest BCUT2D eigenvalue weighted by molar-refractivity contribution is 5.27. The number of hydrogen-bond acceptors (Lipinski definition) is 4. The van der Waals surface area contributed by atoms with Crippen molar-refractivity contribution in [2.45, 2.75) is 19.5 Å². The number of aromatic nitrogens is 3. The van der Waals surface area contributed by atoms with Gasteiger partial charge in [-0.3, -0.25) is 0 Å². The van der Waals surface area contributed by atoms with Gasteiger partial charge in [0, 0.05) is 6.04 Å². The van der Waals surface area contributed by atoms with E-state index in [9.17, 15) is 5.11 Å². The van der Waals surface area contributed by atoms with Gasteiger partial charge in [0.25, 0.3) is 0 Å². The van der Waals surface area contributed by atoms with Crippen molar-refractivity contribution in [2.24, 2.45) is 5.73 Å². The van der Waals surface area contributed by atoms with E-state index in [1.807, 2.05) is 19.2 Å². The molecule has 2 aromatic rings. The maximum absolute atomic E-state index is 9.32. The van der Waals surface area contributed by atoms with Crippen LogP contribution in [-0.2, 0) is 6.54 Å². The first-order valence-corrected chi connectivity index (χ1v) is 5.08. The zero-order chi connectivity index (χ0) is 11.5. The lowest BCUT2D eigenvalue weighted by Gasteiger charge is -2.01. The lowest BCUT2D eigenvalue weighted by atomic mass is 10.2. The van der Waals surface area contributed by atoms with Crippen LogP contribution in [0.15, 0.2) is 30.5 Å². The minimum absolute atomic E-state index is 0.113. The number of aromatic hydroxyl groups is 1. The zero-order valence-electron chi connectivity index (χ0n) is 9.04. The third-order valence-corrected chi connectivity index (χ3v) is 2.28. The van der Waals surface area contributed by atoms with E-state index in [0.29, 0.717) is 6.54 Å². The normalized spacial score (nSPS) is 12.6. The lowest BCUT2D eigenvalue weighted by molar-refractivity contribution is 0.474. The van der Waals surface area contributed by atoms with Crippen LogP contribution in [-0.4, -0.2) is 20.1 Å². The second-order valence-corrected chi connectivity index (χ2v) is 3.80. The van der Waals surface area contributed by atoms with Gasteiger partial charge in [0.1, 0.15) is 5.75 Å². The van der Waals surface area contributed by atoms with Crippen LogP contribution >= 0.6 is 0 Å². The van der Waals surface area contributed by atoms with Gasteiger partial charge in [-0.05, 0) is 24.6 Å². The maximum atomic E-state index is 9.32. The monoisotopic (exact) mass is 218 g/mol. The molecule has 16 heavy (non-hydrogen) atoms. The van der Waals surface area contributed by atoms with Gasteiger partial charge in [-0.15, -0.1) is 5.10 Å². The number of rotatable bonds is 3. The third kappa shape index (κ3) is 2.38. The first kappa shape index (κ1) is 10.6. The van der Waals surface area contributed by atoms with E-state index in [1.54, 1.807) is 22.9 Å². The topological polar surface area (TPSA) is 77.0 Å². The van der Waals surface area contributed by atoms with Crippen LogP contribution in [0.3, 0.4) is 0 Å². The van der Waals surface area contributed by atoms with Crippen molar-refractivity contribution in [1.82, 2.24) is 15.0 Å². The minimum atomic E-state index is -0.113. The van der Waals surface area contributed by atoms with Crippen molar-refractivity contribution in [3.8, 4) is 5.75 Å². The summed E-state index contributed by atoms with van der Waals surface area (Å²) in [5, 5.41) is 17.2. The molecule has 0 amide bonds. The average molecular weight is 218 g/mol. The van der Waals surface area contributed by atoms with Crippen LogP contribution in [0.5, 0.6) is 5.75 Å². The van der Waals surface area contributed by atoms with E-state index in [2.05, 4.69) is 10.3 Å². The fraction of sp³-hybridized carbons (Fsp3) is 0.273. The molecule has 2 rings (SSSR count). The lowest BCUT2D eigenvalue weighted by Crippen LogP contribution is -2.05. The van der Waals surface area contributed by atoms with Gasteiger partial charge < -0.3 is 10.8 Å². The molecule has 1 atom stereocenters. The van der Waals surface area contributed by atoms with Gasteiger partial charge in [0.15, 0.2) is 0 Å². The van der Waals surface area contributed by atoms with Crippen LogP contribution < -0.4 is 5.73 Å². The van der Waals surface area contributed by atoms with Crippen LogP contribution in [0.1, 0.15) is 24.2 Å². The van der Waals surface area contributed by atoms with Crippen LogP contribution in [0, 0.1) is 0 Å². The number of nitrogens with two attached hydrogens (primary N) is 1. The van der Waals surface area contributed by atoms with Crippen molar-refractivity contribution in [3.05, 3.63) is 41.7 Å². The highest BCUT2D eigenvalue weighted by Gasteiger charge is 2.05. The molecule has 0 aliphatic carbocycles. The Morgan fingerprint density at radius 1 is 1.50 bits per heavy atom. The van der Waals surface area contributed by atoms with Crippen LogP contribution in [0.2, 0.25) is 0 Å². The van der Waals surface area contributed by atoms with Gasteiger partial charge in [-0.1, -0.05) is 17.3 Å². The summed E-state index contributed by atoms with van der Waals surface area (Å²) in [4.78, 5) is 0. The van der Waals surface area contributed by atoms with Crippen molar-refractivity contribution in [3.63, 3.8) is 0 Å². The fourth-order valence-corrected chi connectivity index (χ4v) is 1.44. The Morgan fingerprint density at radius 3 is 2.94 bits per heavy atom. The first-order valence-electron chi connectivity index (χ1n) is 5.08. The average Bonchev–Trinajstić information content (AvgIpc) is 2.66. The van der Waals surface area contributed by atoms with Gasteiger partial charge >= 0.3 is 0 Å². The molecule has 0 saturated heterocycles. The summed E-state index contributed by atoms with van der Waals surface area (Å²) in [7, 11) is 0. The molecule has 5 nitrogen and oxygen atoms in total. The quantitative estimate of drug-likeness (QED) is 0.807. The Morgan fingerprint density at radius 2 is 2.31 bits per heavy atom. The molecule has 1 unspecified atom stereocenters. The Balaban J connectivity index is 2.14. The molecule has 5 heteroatoms. The van der Waals surface area contributed by atoms with Gasteiger partial charge in [-0.2, -0.15) is 0 Å². The van der Waals surface area contributed by atoms with E-state index in [0.717, 1.165) is 11.3 Å². The number of phenols is 1. The standard InChI is InChI=1S/C11H14N4O/c1-8(12)11-7-15(14-13-11)6-9-3-2-4-10(16)5-9/h2-5,7-8,16H,6,12H2,1H3. The Kier molecular flexibility index (Phi) is 2.87. The molecular formula is C11H14N4O. The van der Waals surface area contributed by atoms with E-state index in [-0.39, 0.29) is 11.8 Å². The second-order valence-electron chi connectivity index (χ2n) is 3.80. The van der Waals surface area contributed by atoms with Gasteiger partial charge in [0.2, 0.25) is 0 Å². The summed E-state index contributed by atoms with van der Waals surface area (Å²) >= 11 is 0. The number of hydrogen-bond donors (Lipinski definition) is 2. The Bertz CT molecular complexity index is 478. The summed E-state index contributed by atoms with van der Waals surface area (Å²) in [5.41, 5.74) is 7.43. The molecule has 1 heterocycles. The summed E-state index contributed by atoms with van der Waals surface area (Å²) in [5.74, 6) is 0.255. The molecule has 1 aromatic carbocycles. The number of phenolic OH excluding ortho intramolecular Hbond substituents is 1. The number of nitrogens with zero attached hydrogens (tertiary/aromatic N) is 3. The van der Waals surface area contributed by atoms with Gasteiger partial charge in [0.05, 0.1) is 18.4 Å². The molecule has 1 aromatic heterocycles. The molecule has 0 bridgehead atoms. The van der Waals surface area contributed by atoms with E-state index in [1.165, 1.54) is 0 Å². The largest absolute Gasteiger partial charge is 0.508 e. The smallest absolute Gasteiger partial charge is 0.115 e. The molecule has 84 valence electrons. The third-order valence-electron chi connectivity index (χ3n) is 2.28. The highest BCUT2D eigenvalue weighted by atomic mass is 16.3. The maximum Gasteiger partial charge on any atom is 0.115 e. The molecule has 0 fully saturated rings. The molecule has 0 radical (unpaired) electrons. The summed E-state index contributed by atoms with van der Waals surface area (Å²) < 4.78 is 1.70. The molecule has 0 aliphatic heterocycles. The summed E-state index contributed by atoms with van der Waals surface area (Å²) in [6, 6.07) is 6.95. The van der Waals surface area contributed by atoms with Crippen molar-refractivity contribution in [2.75, 3.05) is 0 Å². The number of benzene rings is 1. The molecule has 0 saturated carbocycles. The van der Waals surface area contributed by atoms with E-state index in [4.69, 9.17) is 5.73 Å². The van der Waals surface area contributed by atoms with Crippen LogP contribution in [0.25, 0.3) is 0 Å². The zero-order valence-corrected chi connectivity index (χ0v) is 9.04. The molecule has 3 N–H and O–H groups in total. The Hall–Kier alpha value is -1.88. The SMILES string of the molecule is CC(N)c1cn(Cc2cccc(O)c2)nn1. The molecule has 0 aliphatic rings. The summed E-state index contributed by atoms with van der Waals surface area (Å²) in [6.07, 6.45) is 1.81. The highest BCUT2D eigenvalue weighted by Crippen LogP contribution is 2.12. The van der Waals surface area contributed by atoms with Crippen molar-refractivity contribution >= 4 is 0 Å². The Labute approximate surface area is 93.5 Å². The first-order chi connectivity index (χ1) is 7.65. The van der Waals surface area contributed by atoms with E-state index >= 15 is 0 Å². The van der Waals surface area contributed by atoms with Crippen LogP contribution in [0.4, 0.5) is 0 Å². The fourth-order valence-electron chi connectivity index (χ4n) is 1.44. The predicted octanol–water partition coefficient (Wildman–Crippen LogP) is 1.05. The van der Waals surface area contributed by atoms with Gasteiger partial charge in [-0.25, -0.2) is 4.68 Å².